The summed E-state index contributed by atoms with van der Waals surface area (Å²) in [6, 6.07) is 15.2. The van der Waals surface area contributed by atoms with Gasteiger partial charge < -0.3 is 0 Å². The lowest BCUT2D eigenvalue weighted by Gasteiger charge is -2.06. The van der Waals surface area contributed by atoms with Crippen molar-refractivity contribution in [2.45, 2.75) is 19.8 Å². The van der Waals surface area contributed by atoms with E-state index in [2.05, 4.69) is 71.4 Å². The zero-order valence-electron chi connectivity index (χ0n) is 10.1. The molecule has 88 valence electrons. The summed E-state index contributed by atoms with van der Waals surface area (Å²) < 4.78 is 0. The van der Waals surface area contributed by atoms with E-state index in [0.717, 1.165) is 18.2 Å². The maximum absolute atomic E-state index is 3.46. The molecule has 0 spiro atoms. The summed E-state index contributed by atoms with van der Waals surface area (Å²) in [6.45, 7) is 2.21. The van der Waals surface area contributed by atoms with Crippen LogP contribution in [0.25, 0.3) is 10.8 Å². The third-order valence-electron chi connectivity index (χ3n) is 2.95. The number of alkyl halides is 1. The van der Waals surface area contributed by atoms with E-state index in [1.807, 2.05) is 0 Å². The lowest BCUT2D eigenvalue weighted by molar-refractivity contribution is 1.11. The van der Waals surface area contributed by atoms with E-state index in [1.165, 1.54) is 21.9 Å². The summed E-state index contributed by atoms with van der Waals surface area (Å²) in [5, 5.41) is 3.75. The Bertz CT molecular complexity index is 521. The molecular formula is C16H17Br. The monoisotopic (exact) mass is 288 g/mol. The molecule has 0 saturated heterocycles. The van der Waals surface area contributed by atoms with Crippen molar-refractivity contribution in [1.82, 2.24) is 0 Å². The highest BCUT2D eigenvalue weighted by atomic mass is 79.9. The Labute approximate surface area is 111 Å². The third kappa shape index (κ3) is 3.19. The first-order chi connectivity index (χ1) is 8.31. The molecule has 0 unspecified atom stereocenters. The smallest absolute Gasteiger partial charge is 0.00660 e. The molecule has 0 bridgehead atoms. The van der Waals surface area contributed by atoms with Gasteiger partial charge in [-0.05, 0) is 36.1 Å². The molecule has 2 aromatic carbocycles. The van der Waals surface area contributed by atoms with Gasteiger partial charge in [-0.1, -0.05) is 70.0 Å². The Kier molecular flexibility index (Phi) is 4.38. The summed E-state index contributed by atoms with van der Waals surface area (Å²) in [5.41, 5.74) is 2.87. The van der Waals surface area contributed by atoms with Crippen molar-refractivity contribution >= 4 is 26.7 Å². The van der Waals surface area contributed by atoms with Gasteiger partial charge in [-0.15, -0.1) is 0 Å². The lowest BCUT2D eigenvalue weighted by atomic mass is 9.99. The molecule has 0 fully saturated rings. The van der Waals surface area contributed by atoms with Crippen LogP contribution < -0.4 is 0 Å². The fourth-order valence-corrected chi connectivity index (χ4v) is 2.35. The molecule has 0 aliphatic heterocycles. The average Bonchev–Trinajstić information content (AvgIpc) is 2.37. The van der Waals surface area contributed by atoms with Gasteiger partial charge in [0.2, 0.25) is 0 Å². The molecular weight excluding hydrogens is 272 g/mol. The van der Waals surface area contributed by atoms with E-state index >= 15 is 0 Å². The number of benzene rings is 2. The van der Waals surface area contributed by atoms with Crippen molar-refractivity contribution in [2.75, 3.05) is 5.33 Å². The summed E-state index contributed by atoms with van der Waals surface area (Å²) >= 11 is 3.46. The number of rotatable bonds is 4. The van der Waals surface area contributed by atoms with Crippen LogP contribution >= 0.6 is 15.9 Å². The summed E-state index contributed by atoms with van der Waals surface area (Å²) in [6.07, 6.45) is 4.47. The van der Waals surface area contributed by atoms with Gasteiger partial charge >= 0.3 is 0 Å². The predicted molar refractivity (Wildman–Crippen MR) is 79.8 cm³/mol. The fraction of sp³-hybridized carbons (Fsp3) is 0.250. The van der Waals surface area contributed by atoms with E-state index in [9.17, 15) is 0 Å². The highest BCUT2D eigenvalue weighted by molar-refractivity contribution is 9.09. The molecule has 0 radical (unpaired) electrons. The molecule has 2 rings (SSSR count). The van der Waals surface area contributed by atoms with Crippen LogP contribution in [-0.2, 0) is 6.42 Å². The number of hydrogen-bond acceptors (Lipinski definition) is 0. The van der Waals surface area contributed by atoms with E-state index < -0.39 is 0 Å². The fourth-order valence-electron chi connectivity index (χ4n) is 2.12. The van der Waals surface area contributed by atoms with Gasteiger partial charge in [-0.3, -0.25) is 0 Å². The minimum absolute atomic E-state index is 1.04. The molecule has 0 aliphatic rings. The first kappa shape index (κ1) is 12.4. The summed E-state index contributed by atoms with van der Waals surface area (Å²) in [5.74, 6) is 0. The lowest BCUT2D eigenvalue weighted by Crippen LogP contribution is -1.89. The molecule has 1 heteroatoms. The number of hydrogen-bond donors (Lipinski definition) is 0. The molecule has 0 atom stereocenters. The van der Waals surface area contributed by atoms with Gasteiger partial charge in [0, 0.05) is 5.33 Å². The predicted octanol–water partition coefficient (Wildman–Crippen LogP) is 5.11. The van der Waals surface area contributed by atoms with Gasteiger partial charge in [-0.25, -0.2) is 0 Å². The van der Waals surface area contributed by atoms with Crippen LogP contribution in [0.15, 0.2) is 54.1 Å². The molecule has 0 saturated carbocycles. The van der Waals surface area contributed by atoms with Crippen LogP contribution in [0.4, 0.5) is 0 Å². The van der Waals surface area contributed by atoms with Gasteiger partial charge in [-0.2, -0.15) is 0 Å². The standard InChI is InChI=1S/C16H17Br/c1-13(6-5-11-17)12-15-9-4-8-14-7-2-3-10-16(14)15/h2-4,6-10H,5,11-12H2,1H3. The number of allylic oxidation sites excluding steroid dienone is 2. The highest BCUT2D eigenvalue weighted by Gasteiger charge is 2.00. The van der Waals surface area contributed by atoms with Crippen molar-refractivity contribution < 1.29 is 0 Å². The molecule has 0 aromatic heterocycles. The molecule has 0 nitrogen and oxygen atoms in total. The molecule has 2 aromatic rings. The van der Waals surface area contributed by atoms with Crippen molar-refractivity contribution in [1.29, 1.82) is 0 Å². The maximum Gasteiger partial charge on any atom is 0.00660 e. The topological polar surface area (TPSA) is 0 Å². The second-order valence-electron chi connectivity index (χ2n) is 4.34. The molecule has 17 heavy (non-hydrogen) atoms. The number of halogens is 1. The Balaban J connectivity index is 2.30. The third-order valence-corrected chi connectivity index (χ3v) is 3.41. The minimum atomic E-state index is 1.04. The van der Waals surface area contributed by atoms with E-state index in [4.69, 9.17) is 0 Å². The van der Waals surface area contributed by atoms with E-state index in [-0.39, 0.29) is 0 Å². The van der Waals surface area contributed by atoms with Crippen LogP contribution in [0.5, 0.6) is 0 Å². The summed E-state index contributed by atoms with van der Waals surface area (Å²) in [4.78, 5) is 0. The van der Waals surface area contributed by atoms with E-state index in [1.54, 1.807) is 0 Å². The Morgan fingerprint density at radius 2 is 1.88 bits per heavy atom. The zero-order chi connectivity index (χ0) is 12.1. The van der Waals surface area contributed by atoms with Crippen LogP contribution in [0.3, 0.4) is 0 Å². The summed E-state index contributed by atoms with van der Waals surface area (Å²) in [7, 11) is 0. The van der Waals surface area contributed by atoms with Crippen LogP contribution in [0, 0.1) is 0 Å². The van der Waals surface area contributed by atoms with Gasteiger partial charge in [0.15, 0.2) is 0 Å². The van der Waals surface area contributed by atoms with Crippen LogP contribution in [0.2, 0.25) is 0 Å². The molecule has 0 N–H and O–H groups in total. The normalized spacial score (nSPS) is 12.0. The molecule has 0 aliphatic carbocycles. The van der Waals surface area contributed by atoms with Crippen LogP contribution in [0.1, 0.15) is 18.9 Å². The maximum atomic E-state index is 3.46. The van der Waals surface area contributed by atoms with Gasteiger partial charge in [0.25, 0.3) is 0 Å². The molecule has 0 amide bonds. The average molecular weight is 289 g/mol. The molecule has 0 heterocycles. The van der Waals surface area contributed by atoms with Gasteiger partial charge in [0.05, 0.1) is 0 Å². The van der Waals surface area contributed by atoms with Crippen molar-refractivity contribution in [3.63, 3.8) is 0 Å². The first-order valence-electron chi connectivity index (χ1n) is 5.99. The Hall–Kier alpha value is -1.08. The first-order valence-corrected chi connectivity index (χ1v) is 7.11. The number of fused-ring (bicyclic) bond motifs is 1. The van der Waals surface area contributed by atoms with Crippen molar-refractivity contribution in [3.05, 3.63) is 59.7 Å². The quantitative estimate of drug-likeness (QED) is 0.541. The van der Waals surface area contributed by atoms with Gasteiger partial charge in [0.1, 0.15) is 0 Å². The SMILES string of the molecule is CC(=CCCBr)Cc1cccc2ccccc12. The Morgan fingerprint density at radius 3 is 2.71 bits per heavy atom. The van der Waals surface area contributed by atoms with Crippen molar-refractivity contribution in [2.24, 2.45) is 0 Å². The second-order valence-corrected chi connectivity index (χ2v) is 5.14. The zero-order valence-corrected chi connectivity index (χ0v) is 11.7. The van der Waals surface area contributed by atoms with Crippen molar-refractivity contribution in [3.8, 4) is 0 Å². The minimum Gasteiger partial charge on any atom is -0.0925 e. The largest absolute Gasteiger partial charge is 0.0925 e. The van der Waals surface area contributed by atoms with Crippen LogP contribution in [-0.4, -0.2) is 5.33 Å². The second kappa shape index (κ2) is 6.02. The highest BCUT2D eigenvalue weighted by Crippen LogP contribution is 2.21. The van der Waals surface area contributed by atoms with E-state index in [0.29, 0.717) is 0 Å². The Morgan fingerprint density at radius 1 is 1.12 bits per heavy atom.